The fourth-order valence-electron chi connectivity index (χ4n) is 4.57. The third-order valence-corrected chi connectivity index (χ3v) is 5.90. The summed E-state index contributed by atoms with van der Waals surface area (Å²) in [5.74, 6) is -2.33. The molecule has 1 saturated carbocycles. The molecule has 3 rings (SSSR count). The predicted octanol–water partition coefficient (Wildman–Crippen LogP) is 2.53. The molecule has 4 nitrogen and oxygen atoms in total. The molecule has 1 amide bonds. The molecular formula is C17H27F3N2O2. The van der Waals surface area contributed by atoms with E-state index in [0.717, 1.165) is 19.5 Å². The highest BCUT2D eigenvalue weighted by atomic mass is 19.4. The SMILES string of the molecule is C[C@@H]1CN(C(=O)[C@@H]2CCCC[C@@H]2C(F)(F)F)C[C@H]1N1CCOCC1. The molecule has 0 spiro atoms. The highest BCUT2D eigenvalue weighted by Gasteiger charge is 2.50. The lowest BCUT2D eigenvalue weighted by molar-refractivity contribution is -0.200. The van der Waals surface area contributed by atoms with Crippen LogP contribution in [0.4, 0.5) is 13.2 Å². The van der Waals surface area contributed by atoms with Crippen molar-refractivity contribution < 1.29 is 22.7 Å². The van der Waals surface area contributed by atoms with Crippen molar-refractivity contribution in [1.82, 2.24) is 9.80 Å². The summed E-state index contributed by atoms with van der Waals surface area (Å²) in [6, 6.07) is 0.241. The Bertz CT molecular complexity index is 452. The van der Waals surface area contributed by atoms with E-state index in [4.69, 9.17) is 4.74 Å². The predicted molar refractivity (Wildman–Crippen MR) is 83.4 cm³/mol. The highest BCUT2D eigenvalue weighted by Crippen LogP contribution is 2.42. The summed E-state index contributed by atoms with van der Waals surface area (Å²) >= 11 is 0. The molecule has 2 saturated heterocycles. The summed E-state index contributed by atoms with van der Waals surface area (Å²) < 4.78 is 45.2. The molecule has 0 bridgehead atoms. The standard InChI is InChI=1S/C17H27F3N2O2/c1-12-10-22(11-15(12)21-6-8-24-9-7-21)16(23)13-4-2-3-5-14(13)17(18,19)20/h12-15H,2-11H2,1H3/t12-,13-,14+,15-/m1/s1. The number of ether oxygens (including phenoxy) is 1. The fraction of sp³-hybridized carbons (Fsp3) is 0.941. The molecule has 3 aliphatic rings. The van der Waals surface area contributed by atoms with E-state index in [2.05, 4.69) is 11.8 Å². The smallest absolute Gasteiger partial charge is 0.379 e. The van der Waals surface area contributed by atoms with Gasteiger partial charge < -0.3 is 9.64 Å². The lowest BCUT2D eigenvalue weighted by Gasteiger charge is -2.35. The van der Waals surface area contributed by atoms with Crippen molar-refractivity contribution in [3.63, 3.8) is 0 Å². The van der Waals surface area contributed by atoms with Crippen LogP contribution >= 0.6 is 0 Å². The Morgan fingerprint density at radius 2 is 1.75 bits per heavy atom. The second-order valence-electron chi connectivity index (χ2n) is 7.48. The fourth-order valence-corrected chi connectivity index (χ4v) is 4.57. The van der Waals surface area contributed by atoms with Crippen LogP contribution in [0.15, 0.2) is 0 Å². The van der Waals surface area contributed by atoms with E-state index < -0.39 is 18.0 Å². The summed E-state index contributed by atoms with van der Waals surface area (Å²) in [4.78, 5) is 16.8. The van der Waals surface area contributed by atoms with Gasteiger partial charge in [-0.15, -0.1) is 0 Å². The Hall–Kier alpha value is -0.820. The zero-order chi connectivity index (χ0) is 17.3. The number of hydrogen-bond donors (Lipinski definition) is 0. The van der Waals surface area contributed by atoms with Gasteiger partial charge in [-0.1, -0.05) is 19.8 Å². The molecule has 7 heteroatoms. The molecule has 4 atom stereocenters. The van der Waals surface area contributed by atoms with Crippen molar-refractivity contribution >= 4 is 5.91 Å². The molecular weight excluding hydrogens is 321 g/mol. The summed E-state index contributed by atoms with van der Waals surface area (Å²) in [5.41, 5.74) is 0. The molecule has 1 aliphatic carbocycles. The van der Waals surface area contributed by atoms with E-state index in [1.807, 2.05) is 0 Å². The van der Waals surface area contributed by atoms with E-state index >= 15 is 0 Å². The van der Waals surface area contributed by atoms with Crippen LogP contribution in [-0.2, 0) is 9.53 Å². The van der Waals surface area contributed by atoms with E-state index in [-0.39, 0.29) is 18.4 Å². The van der Waals surface area contributed by atoms with Gasteiger partial charge in [-0.2, -0.15) is 13.2 Å². The second-order valence-corrected chi connectivity index (χ2v) is 7.48. The Labute approximate surface area is 141 Å². The monoisotopic (exact) mass is 348 g/mol. The molecule has 0 aromatic rings. The number of carbonyl (C=O) groups is 1. The quantitative estimate of drug-likeness (QED) is 0.769. The molecule has 0 aromatic heterocycles. The van der Waals surface area contributed by atoms with Crippen LogP contribution in [0.5, 0.6) is 0 Å². The van der Waals surface area contributed by atoms with Crippen LogP contribution in [0, 0.1) is 17.8 Å². The number of amides is 1. The topological polar surface area (TPSA) is 32.8 Å². The highest BCUT2D eigenvalue weighted by molar-refractivity contribution is 5.79. The first-order valence-electron chi connectivity index (χ1n) is 9.05. The minimum Gasteiger partial charge on any atom is -0.379 e. The summed E-state index contributed by atoms with van der Waals surface area (Å²) in [6.07, 6.45) is -2.51. The van der Waals surface area contributed by atoms with Crippen molar-refractivity contribution in [3.8, 4) is 0 Å². The van der Waals surface area contributed by atoms with Gasteiger partial charge in [0, 0.05) is 38.1 Å². The third-order valence-electron chi connectivity index (χ3n) is 5.90. The number of halogens is 3. The maximum absolute atomic E-state index is 13.3. The maximum Gasteiger partial charge on any atom is 0.392 e. The number of carbonyl (C=O) groups excluding carboxylic acids is 1. The van der Waals surface area contributed by atoms with Gasteiger partial charge in [0.15, 0.2) is 0 Å². The zero-order valence-corrected chi connectivity index (χ0v) is 14.2. The Morgan fingerprint density at radius 3 is 2.42 bits per heavy atom. The van der Waals surface area contributed by atoms with Gasteiger partial charge >= 0.3 is 6.18 Å². The van der Waals surface area contributed by atoms with Gasteiger partial charge in [0.25, 0.3) is 0 Å². The van der Waals surface area contributed by atoms with Crippen molar-refractivity contribution in [2.24, 2.45) is 17.8 Å². The lowest BCUT2D eigenvalue weighted by atomic mass is 9.78. The molecule has 24 heavy (non-hydrogen) atoms. The van der Waals surface area contributed by atoms with Gasteiger partial charge in [-0.3, -0.25) is 9.69 Å². The third kappa shape index (κ3) is 3.72. The van der Waals surface area contributed by atoms with Crippen molar-refractivity contribution in [3.05, 3.63) is 0 Å². The zero-order valence-electron chi connectivity index (χ0n) is 14.2. The van der Waals surface area contributed by atoms with Gasteiger partial charge in [0.05, 0.1) is 19.1 Å². The lowest BCUT2D eigenvalue weighted by Crippen LogP contribution is -2.48. The molecule has 2 heterocycles. The van der Waals surface area contributed by atoms with Gasteiger partial charge in [0.1, 0.15) is 0 Å². The number of alkyl halides is 3. The van der Waals surface area contributed by atoms with Gasteiger partial charge in [-0.25, -0.2) is 0 Å². The molecule has 3 fully saturated rings. The molecule has 0 N–H and O–H groups in total. The Balaban J connectivity index is 1.66. The van der Waals surface area contributed by atoms with Crippen LogP contribution in [0.2, 0.25) is 0 Å². The summed E-state index contributed by atoms with van der Waals surface area (Å²) in [6.45, 7) is 6.28. The van der Waals surface area contributed by atoms with E-state index in [0.29, 0.717) is 45.1 Å². The first kappa shape index (κ1) is 18.0. The largest absolute Gasteiger partial charge is 0.392 e. The van der Waals surface area contributed by atoms with Crippen LogP contribution < -0.4 is 0 Å². The van der Waals surface area contributed by atoms with Crippen molar-refractivity contribution in [2.45, 2.75) is 44.8 Å². The van der Waals surface area contributed by atoms with Gasteiger partial charge in [0.2, 0.25) is 5.91 Å². The maximum atomic E-state index is 13.3. The van der Waals surface area contributed by atoms with Crippen molar-refractivity contribution in [2.75, 3.05) is 39.4 Å². The molecule has 2 aliphatic heterocycles. The Kier molecular flexibility index (Phi) is 5.39. The number of rotatable bonds is 2. The molecule has 0 unspecified atom stereocenters. The van der Waals surface area contributed by atoms with Gasteiger partial charge in [-0.05, 0) is 18.8 Å². The average Bonchev–Trinajstić information content (AvgIpc) is 2.96. The summed E-state index contributed by atoms with van der Waals surface area (Å²) in [7, 11) is 0. The van der Waals surface area contributed by atoms with Crippen molar-refractivity contribution in [1.29, 1.82) is 0 Å². The number of morpholine rings is 1. The van der Waals surface area contributed by atoms with Crippen LogP contribution in [0.25, 0.3) is 0 Å². The molecule has 0 aromatic carbocycles. The second kappa shape index (κ2) is 7.20. The molecule has 138 valence electrons. The number of nitrogens with zero attached hydrogens (tertiary/aromatic N) is 2. The first-order chi connectivity index (χ1) is 11.4. The van der Waals surface area contributed by atoms with Crippen LogP contribution in [0.3, 0.4) is 0 Å². The number of hydrogen-bond acceptors (Lipinski definition) is 3. The van der Waals surface area contributed by atoms with E-state index in [1.165, 1.54) is 0 Å². The minimum absolute atomic E-state index is 0.0934. The van der Waals surface area contributed by atoms with Crippen LogP contribution in [0.1, 0.15) is 32.6 Å². The summed E-state index contributed by atoms with van der Waals surface area (Å²) in [5, 5.41) is 0. The molecule has 0 radical (unpaired) electrons. The first-order valence-corrected chi connectivity index (χ1v) is 9.05. The normalized spacial score (nSPS) is 36.1. The van der Waals surface area contributed by atoms with Crippen LogP contribution in [-0.4, -0.2) is 67.3 Å². The van der Waals surface area contributed by atoms with E-state index in [9.17, 15) is 18.0 Å². The minimum atomic E-state index is -4.27. The van der Waals surface area contributed by atoms with E-state index in [1.54, 1.807) is 4.90 Å². The number of likely N-dealkylation sites (tertiary alicyclic amines) is 1. The average molecular weight is 348 g/mol. The Morgan fingerprint density at radius 1 is 1.08 bits per heavy atom.